The van der Waals surface area contributed by atoms with Gasteiger partial charge in [0.15, 0.2) is 0 Å². The van der Waals surface area contributed by atoms with Crippen molar-refractivity contribution in [2.75, 3.05) is 0 Å². The lowest BCUT2D eigenvalue weighted by Gasteiger charge is -2.34. The fourth-order valence-electron chi connectivity index (χ4n) is 5.10. The van der Waals surface area contributed by atoms with E-state index in [9.17, 15) is 4.79 Å². The van der Waals surface area contributed by atoms with Crippen LogP contribution in [0.4, 0.5) is 0 Å². The molecule has 38 heavy (non-hydrogen) atoms. The molecule has 5 rings (SSSR count). The minimum atomic E-state index is -0.329. The number of hydrogen-bond donors (Lipinski definition) is 1. The molecule has 7 nitrogen and oxygen atoms in total. The molecule has 3 heterocycles. The maximum absolute atomic E-state index is 12.7. The van der Waals surface area contributed by atoms with E-state index in [1.54, 1.807) is 0 Å². The van der Waals surface area contributed by atoms with E-state index in [0.717, 1.165) is 55.0 Å². The van der Waals surface area contributed by atoms with Crippen molar-refractivity contribution in [1.82, 2.24) is 29.7 Å². The van der Waals surface area contributed by atoms with Gasteiger partial charge in [-0.15, -0.1) is 0 Å². The lowest BCUT2D eigenvalue weighted by atomic mass is 9.90. The summed E-state index contributed by atoms with van der Waals surface area (Å²) in [6.45, 7) is 3.84. The zero-order valence-electron chi connectivity index (χ0n) is 21.5. The average molecular weight is 550 g/mol. The van der Waals surface area contributed by atoms with Crippen LogP contribution in [0.5, 0.6) is 0 Å². The van der Waals surface area contributed by atoms with Gasteiger partial charge >= 0.3 is 0 Å². The van der Waals surface area contributed by atoms with Crippen LogP contribution in [0.3, 0.4) is 0 Å². The molecule has 9 heteroatoms. The zero-order chi connectivity index (χ0) is 26.6. The molecule has 1 atom stereocenters. The number of aryl methyl sites for hydroxylation is 3. The predicted molar refractivity (Wildman–Crippen MR) is 149 cm³/mol. The lowest BCUT2D eigenvalue weighted by Crippen LogP contribution is -2.31. The summed E-state index contributed by atoms with van der Waals surface area (Å²) in [7, 11) is 2.03. The molecule has 1 aliphatic rings. The molecule has 0 saturated carbocycles. The van der Waals surface area contributed by atoms with E-state index in [2.05, 4.69) is 44.2 Å². The molecule has 0 radical (unpaired) electrons. The molecule has 4 aromatic rings. The van der Waals surface area contributed by atoms with Gasteiger partial charge in [-0.2, -0.15) is 0 Å². The highest BCUT2D eigenvalue weighted by atomic mass is 35.5. The zero-order valence-corrected chi connectivity index (χ0v) is 23.0. The van der Waals surface area contributed by atoms with Gasteiger partial charge in [-0.1, -0.05) is 53.5 Å². The van der Waals surface area contributed by atoms with Gasteiger partial charge < -0.3 is 9.88 Å². The molecule has 0 saturated heterocycles. The predicted octanol–water partition coefficient (Wildman–Crippen LogP) is 5.84. The number of benzene rings is 1. The maximum atomic E-state index is 12.7. The van der Waals surface area contributed by atoms with Crippen LogP contribution in [-0.4, -0.2) is 30.3 Å². The highest BCUT2D eigenvalue weighted by Crippen LogP contribution is 2.34. The molecule has 0 bridgehead atoms. The second-order valence-electron chi connectivity index (χ2n) is 9.73. The van der Waals surface area contributed by atoms with E-state index < -0.39 is 0 Å². The van der Waals surface area contributed by atoms with Gasteiger partial charge in [-0.3, -0.25) is 19.7 Å². The van der Waals surface area contributed by atoms with Gasteiger partial charge in [0.1, 0.15) is 5.82 Å². The molecule has 1 amide bonds. The minimum absolute atomic E-state index is 0.210. The highest BCUT2D eigenvalue weighted by molar-refractivity contribution is 6.39. The standard InChI is InChI=1S/C29H30Cl2N6O/c1-19-35-23(17-36(19)2)18-37(26-10-4-8-22-9-5-11-33-28(22)26)16-21-7-3-6-20(12-21)13-34-29(38)27-24(30)14-32-15-25(27)31/h3,5-7,9,11-12,14-15,17,26H,4,8,10,13,16,18H2,1-2H3,(H,34,38). The van der Waals surface area contributed by atoms with E-state index in [4.69, 9.17) is 33.2 Å². The lowest BCUT2D eigenvalue weighted by molar-refractivity contribution is 0.0951. The third kappa shape index (κ3) is 5.90. The summed E-state index contributed by atoms with van der Waals surface area (Å²) in [6, 6.07) is 12.7. The summed E-state index contributed by atoms with van der Waals surface area (Å²) in [6.07, 6.45) is 10.1. The maximum Gasteiger partial charge on any atom is 0.254 e. The first-order chi connectivity index (χ1) is 18.4. The van der Waals surface area contributed by atoms with Gasteiger partial charge in [0, 0.05) is 51.5 Å². The van der Waals surface area contributed by atoms with Crippen LogP contribution in [0, 0.1) is 6.92 Å². The Morgan fingerprint density at radius 2 is 1.92 bits per heavy atom. The Hall–Kier alpha value is -3.26. The Balaban J connectivity index is 1.36. The molecule has 0 aliphatic heterocycles. The Morgan fingerprint density at radius 1 is 1.13 bits per heavy atom. The number of imidazole rings is 1. The van der Waals surface area contributed by atoms with E-state index in [-0.39, 0.29) is 27.6 Å². The van der Waals surface area contributed by atoms with Gasteiger partial charge in [0.25, 0.3) is 5.91 Å². The molecule has 196 valence electrons. The third-order valence-corrected chi connectivity index (χ3v) is 7.61. The number of hydrogen-bond acceptors (Lipinski definition) is 5. The van der Waals surface area contributed by atoms with E-state index in [1.165, 1.54) is 23.7 Å². The first-order valence-corrected chi connectivity index (χ1v) is 13.5. The van der Waals surface area contributed by atoms with Crippen LogP contribution in [0.2, 0.25) is 10.0 Å². The fraction of sp³-hybridized carbons (Fsp3) is 0.310. The minimum Gasteiger partial charge on any atom is -0.348 e. The van der Waals surface area contributed by atoms with E-state index >= 15 is 0 Å². The van der Waals surface area contributed by atoms with Gasteiger partial charge in [-0.05, 0) is 48.9 Å². The van der Waals surface area contributed by atoms with Crippen LogP contribution in [0.1, 0.15) is 63.1 Å². The molecule has 1 N–H and O–H groups in total. The Bertz CT molecular complexity index is 1410. The fourth-order valence-corrected chi connectivity index (χ4v) is 5.64. The van der Waals surface area contributed by atoms with Crippen LogP contribution >= 0.6 is 23.2 Å². The van der Waals surface area contributed by atoms with Gasteiger partial charge in [-0.25, -0.2) is 4.98 Å². The van der Waals surface area contributed by atoms with Crippen LogP contribution in [-0.2, 0) is 33.1 Å². The van der Waals surface area contributed by atoms with Crippen molar-refractivity contribution >= 4 is 29.1 Å². The first kappa shape index (κ1) is 26.4. The Labute approximate surface area is 232 Å². The normalized spacial score (nSPS) is 14.9. The number of fused-ring (bicyclic) bond motifs is 1. The number of nitrogens with zero attached hydrogens (tertiary/aromatic N) is 5. The van der Waals surface area contributed by atoms with Crippen molar-refractivity contribution in [2.45, 2.75) is 51.9 Å². The summed E-state index contributed by atoms with van der Waals surface area (Å²) < 4.78 is 2.06. The number of carbonyl (C=O) groups excluding carboxylic acids is 1. The van der Waals surface area contributed by atoms with Crippen LogP contribution < -0.4 is 5.32 Å². The average Bonchev–Trinajstić information content (AvgIpc) is 3.23. The third-order valence-electron chi connectivity index (χ3n) is 7.04. The van der Waals surface area contributed by atoms with Crippen molar-refractivity contribution in [3.05, 3.63) is 111 Å². The molecular weight excluding hydrogens is 519 g/mol. The molecule has 1 aliphatic carbocycles. The van der Waals surface area contributed by atoms with Crippen molar-refractivity contribution in [3.63, 3.8) is 0 Å². The second kappa shape index (κ2) is 11.6. The quantitative estimate of drug-likeness (QED) is 0.299. The molecule has 0 spiro atoms. The van der Waals surface area contributed by atoms with Crippen molar-refractivity contribution in [2.24, 2.45) is 7.05 Å². The molecule has 3 aromatic heterocycles. The Kier molecular flexibility index (Phi) is 8.07. The second-order valence-corrected chi connectivity index (χ2v) is 10.5. The number of rotatable bonds is 8. The number of pyridine rings is 2. The van der Waals surface area contributed by atoms with Gasteiger partial charge in [0.2, 0.25) is 0 Å². The van der Waals surface area contributed by atoms with E-state index in [1.807, 2.05) is 38.4 Å². The smallest absolute Gasteiger partial charge is 0.254 e. The SMILES string of the molecule is Cc1nc(CN(Cc2cccc(CNC(=O)c3c(Cl)cncc3Cl)c2)C2CCCc3cccnc32)cn1C. The number of amides is 1. The van der Waals surface area contributed by atoms with E-state index in [0.29, 0.717) is 6.54 Å². The number of nitrogens with one attached hydrogen (secondary N) is 1. The summed E-state index contributed by atoms with van der Waals surface area (Å²) in [5, 5.41) is 3.39. The monoisotopic (exact) mass is 548 g/mol. The van der Waals surface area contributed by atoms with Crippen LogP contribution in [0.15, 0.2) is 61.2 Å². The molecule has 1 unspecified atom stereocenters. The largest absolute Gasteiger partial charge is 0.348 e. The van der Waals surface area contributed by atoms with Crippen molar-refractivity contribution < 1.29 is 4.79 Å². The summed E-state index contributed by atoms with van der Waals surface area (Å²) >= 11 is 12.3. The molecular formula is C29H30Cl2N6O. The summed E-state index contributed by atoms with van der Waals surface area (Å²) in [5.41, 5.74) is 5.93. The topological polar surface area (TPSA) is 75.9 Å². The highest BCUT2D eigenvalue weighted by Gasteiger charge is 2.28. The Morgan fingerprint density at radius 3 is 2.68 bits per heavy atom. The van der Waals surface area contributed by atoms with Crippen molar-refractivity contribution in [3.8, 4) is 0 Å². The summed E-state index contributed by atoms with van der Waals surface area (Å²) in [4.78, 5) is 28.7. The van der Waals surface area contributed by atoms with Crippen molar-refractivity contribution in [1.29, 1.82) is 0 Å². The molecule has 1 aromatic carbocycles. The number of halogens is 2. The summed E-state index contributed by atoms with van der Waals surface area (Å²) in [5.74, 6) is 0.666. The van der Waals surface area contributed by atoms with Crippen LogP contribution in [0.25, 0.3) is 0 Å². The number of carbonyl (C=O) groups is 1. The van der Waals surface area contributed by atoms with Gasteiger partial charge in [0.05, 0.1) is 33.0 Å². The molecule has 0 fully saturated rings. The number of aromatic nitrogens is 4. The first-order valence-electron chi connectivity index (χ1n) is 12.7.